The Kier molecular flexibility index (Phi) is 3.23. The largest absolute Gasteiger partial charge is 0.391 e. The highest BCUT2D eigenvalue weighted by atomic mass is 35.5. The summed E-state index contributed by atoms with van der Waals surface area (Å²) >= 11 is 5.82. The number of aliphatic hydroxyl groups is 1. The third kappa shape index (κ3) is 2.16. The van der Waals surface area contributed by atoms with E-state index in [9.17, 15) is 20.0 Å². The number of nitro benzene ring substituents is 1. The van der Waals surface area contributed by atoms with E-state index in [1.807, 2.05) is 0 Å². The van der Waals surface area contributed by atoms with E-state index in [1.54, 1.807) is 6.92 Å². The molecule has 18 heavy (non-hydrogen) atoms. The molecule has 1 fully saturated rings. The number of halogens is 1. The summed E-state index contributed by atoms with van der Waals surface area (Å²) in [4.78, 5) is 23.2. The zero-order valence-corrected chi connectivity index (χ0v) is 10.3. The number of β-amino-alcohol motifs (C(OH)–C–C–N with tert-alkyl or cyclic N) is 1. The second-order valence-electron chi connectivity index (χ2n) is 4.21. The lowest BCUT2D eigenvalue weighted by Crippen LogP contribution is -2.26. The number of hydrogen-bond acceptors (Lipinski definition) is 4. The van der Waals surface area contributed by atoms with E-state index in [0.29, 0.717) is 11.3 Å². The van der Waals surface area contributed by atoms with Crippen LogP contribution in [-0.4, -0.2) is 28.6 Å². The number of aliphatic hydroxyl groups excluding tert-OH is 1. The van der Waals surface area contributed by atoms with Gasteiger partial charge in [0.25, 0.3) is 5.69 Å². The number of nitro groups is 1. The van der Waals surface area contributed by atoms with E-state index in [0.717, 1.165) is 0 Å². The SMILES string of the molecule is Cc1cc([N+](=O)[O-])c(Cl)cc1N1CC(O)CC1=O. The lowest BCUT2D eigenvalue weighted by molar-refractivity contribution is -0.384. The van der Waals surface area contributed by atoms with Crippen molar-refractivity contribution in [2.75, 3.05) is 11.4 Å². The minimum atomic E-state index is -0.703. The smallest absolute Gasteiger partial charge is 0.288 e. The van der Waals surface area contributed by atoms with Gasteiger partial charge >= 0.3 is 0 Å². The van der Waals surface area contributed by atoms with Gasteiger partial charge in [-0.2, -0.15) is 0 Å². The average Bonchev–Trinajstić information content (AvgIpc) is 2.60. The highest BCUT2D eigenvalue weighted by Crippen LogP contribution is 2.34. The number of benzene rings is 1. The number of hydrogen-bond donors (Lipinski definition) is 1. The summed E-state index contributed by atoms with van der Waals surface area (Å²) in [5.41, 5.74) is 0.894. The van der Waals surface area contributed by atoms with Crippen molar-refractivity contribution in [1.82, 2.24) is 0 Å². The first kappa shape index (κ1) is 12.8. The third-order valence-corrected chi connectivity index (χ3v) is 3.16. The fourth-order valence-electron chi connectivity index (χ4n) is 2.01. The van der Waals surface area contributed by atoms with Gasteiger partial charge in [0, 0.05) is 11.8 Å². The topological polar surface area (TPSA) is 83.7 Å². The molecule has 1 aromatic carbocycles. The maximum Gasteiger partial charge on any atom is 0.288 e. The molecule has 0 spiro atoms. The molecule has 1 heterocycles. The molecule has 1 unspecified atom stereocenters. The molecule has 6 nitrogen and oxygen atoms in total. The Hall–Kier alpha value is -1.66. The normalized spacial score (nSPS) is 19.4. The molecule has 1 N–H and O–H groups in total. The minimum absolute atomic E-state index is 0.0187. The van der Waals surface area contributed by atoms with Crippen LogP contribution in [0.4, 0.5) is 11.4 Å². The monoisotopic (exact) mass is 270 g/mol. The van der Waals surface area contributed by atoms with Crippen LogP contribution in [0.15, 0.2) is 12.1 Å². The van der Waals surface area contributed by atoms with Crippen molar-refractivity contribution < 1.29 is 14.8 Å². The summed E-state index contributed by atoms with van der Waals surface area (Å²) in [5.74, 6) is -0.212. The van der Waals surface area contributed by atoms with Crippen molar-refractivity contribution >= 4 is 28.9 Å². The molecule has 0 saturated carbocycles. The van der Waals surface area contributed by atoms with Gasteiger partial charge in [0.05, 0.1) is 24.0 Å². The number of aryl methyl sites for hydroxylation is 1. The van der Waals surface area contributed by atoms with Gasteiger partial charge in [-0.3, -0.25) is 14.9 Å². The van der Waals surface area contributed by atoms with Gasteiger partial charge in [-0.05, 0) is 18.6 Å². The number of anilines is 1. The lowest BCUT2D eigenvalue weighted by Gasteiger charge is -2.18. The summed E-state index contributed by atoms with van der Waals surface area (Å²) in [6.45, 7) is 1.85. The molecule has 1 aliphatic rings. The van der Waals surface area contributed by atoms with Gasteiger partial charge in [0.15, 0.2) is 0 Å². The number of amides is 1. The van der Waals surface area contributed by atoms with Gasteiger partial charge in [0.1, 0.15) is 5.02 Å². The summed E-state index contributed by atoms with van der Waals surface area (Å²) in [7, 11) is 0. The number of carbonyl (C=O) groups is 1. The van der Waals surface area contributed by atoms with Gasteiger partial charge in [-0.1, -0.05) is 11.6 Å². The molecule has 7 heteroatoms. The molecule has 1 atom stereocenters. The molecule has 1 aromatic rings. The first-order valence-corrected chi connectivity index (χ1v) is 5.71. The van der Waals surface area contributed by atoms with Gasteiger partial charge in [-0.25, -0.2) is 0 Å². The van der Waals surface area contributed by atoms with E-state index >= 15 is 0 Å². The standard InChI is InChI=1S/C11H11ClN2O4/c1-6-2-10(14(17)18)8(12)4-9(6)13-5-7(15)3-11(13)16/h2,4,7,15H,3,5H2,1H3. The number of carbonyl (C=O) groups excluding carboxylic acids is 1. The Labute approximate surface area is 108 Å². The summed E-state index contributed by atoms with van der Waals surface area (Å²) in [5, 5.41) is 20.1. The van der Waals surface area contributed by atoms with Crippen LogP contribution < -0.4 is 4.90 Å². The fraction of sp³-hybridized carbons (Fsp3) is 0.364. The van der Waals surface area contributed by atoms with Crippen LogP contribution in [0.2, 0.25) is 5.02 Å². The Morgan fingerprint density at radius 3 is 2.72 bits per heavy atom. The molecular weight excluding hydrogens is 260 g/mol. The maximum atomic E-state index is 11.7. The van der Waals surface area contributed by atoms with Gasteiger partial charge in [-0.15, -0.1) is 0 Å². The van der Waals surface area contributed by atoms with Crippen molar-refractivity contribution in [2.45, 2.75) is 19.4 Å². The lowest BCUT2D eigenvalue weighted by atomic mass is 10.1. The van der Waals surface area contributed by atoms with E-state index in [-0.39, 0.29) is 29.6 Å². The van der Waals surface area contributed by atoms with E-state index in [4.69, 9.17) is 11.6 Å². The Morgan fingerprint density at radius 2 is 2.22 bits per heavy atom. The average molecular weight is 271 g/mol. The summed E-state index contributed by atoms with van der Waals surface area (Å²) in [6.07, 6.45) is -0.639. The molecule has 2 rings (SSSR count). The molecule has 0 radical (unpaired) electrons. The zero-order valence-electron chi connectivity index (χ0n) is 9.59. The maximum absolute atomic E-state index is 11.7. The van der Waals surface area contributed by atoms with E-state index in [1.165, 1.54) is 17.0 Å². The Morgan fingerprint density at radius 1 is 1.56 bits per heavy atom. The van der Waals surface area contributed by atoms with Crippen molar-refractivity contribution in [2.24, 2.45) is 0 Å². The van der Waals surface area contributed by atoms with Crippen molar-refractivity contribution in [3.63, 3.8) is 0 Å². The molecule has 0 aromatic heterocycles. The molecule has 1 saturated heterocycles. The highest BCUT2D eigenvalue weighted by molar-refractivity contribution is 6.33. The molecule has 0 aliphatic carbocycles. The number of nitrogens with zero attached hydrogens (tertiary/aromatic N) is 2. The van der Waals surface area contributed by atoms with Crippen LogP contribution in [0.1, 0.15) is 12.0 Å². The van der Waals surface area contributed by atoms with Gasteiger partial charge < -0.3 is 10.0 Å². The third-order valence-electron chi connectivity index (χ3n) is 2.86. The van der Waals surface area contributed by atoms with Crippen molar-refractivity contribution in [3.05, 3.63) is 32.8 Å². The predicted molar refractivity (Wildman–Crippen MR) is 65.8 cm³/mol. The van der Waals surface area contributed by atoms with Crippen LogP contribution in [0, 0.1) is 17.0 Å². The molecule has 1 amide bonds. The Bertz CT molecular complexity index is 532. The first-order chi connectivity index (χ1) is 8.40. The van der Waals surface area contributed by atoms with Gasteiger partial charge in [0.2, 0.25) is 5.91 Å². The summed E-state index contributed by atoms with van der Waals surface area (Å²) in [6, 6.07) is 2.72. The van der Waals surface area contributed by atoms with Crippen molar-refractivity contribution in [1.29, 1.82) is 0 Å². The molecular formula is C11H11ClN2O4. The molecule has 0 bridgehead atoms. The number of rotatable bonds is 2. The zero-order chi connectivity index (χ0) is 13.4. The van der Waals surface area contributed by atoms with Crippen molar-refractivity contribution in [3.8, 4) is 0 Å². The van der Waals surface area contributed by atoms with E-state index < -0.39 is 11.0 Å². The Balaban J connectivity index is 2.44. The quantitative estimate of drug-likeness (QED) is 0.654. The summed E-state index contributed by atoms with van der Waals surface area (Å²) < 4.78 is 0. The van der Waals surface area contributed by atoms with Crippen LogP contribution in [-0.2, 0) is 4.79 Å². The van der Waals surface area contributed by atoms with Crippen LogP contribution in [0.25, 0.3) is 0 Å². The first-order valence-electron chi connectivity index (χ1n) is 5.33. The van der Waals surface area contributed by atoms with E-state index in [2.05, 4.69) is 0 Å². The fourth-order valence-corrected chi connectivity index (χ4v) is 2.23. The highest BCUT2D eigenvalue weighted by Gasteiger charge is 2.31. The second-order valence-corrected chi connectivity index (χ2v) is 4.62. The van der Waals surface area contributed by atoms with Crippen LogP contribution >= 0.6 is 11.6 Å². The molecule has 1 aliphatic heterocycles. The predicted octanol–water partition coefficient (Wildman–Crippen LogP) is 1.65. The van der Waals surface area contributed by atoms with Crippen LogP contribution in [0.5, 0.6) is 0 Å². The van der Waals surface area contributed by atoms with Crippen LogP contribution in [0.3, 0.4) is 0 Å². The minimum Gasteiger partial charge on any atom is -0.391 e. The second kappa shape index (κ2) is 4.55. The molecule has 96 valence electrons.